The third-order valence-electron chi connectivity index (χ3n) is 3.76. The van der Waals surface area contributed by atoms with Gasteiger partial charge in [-0.3, -0.25) is 9.52 Å². The number of carbonyl (C=O) groups excluding carboxylic acids is 1. The summed E-state index contributed by atoms with van der Waals surface area (Å²) in [6.07, 6.45) is 1.94. The van der Waals surface area contributed by atoms with Crippen molar-refractivity contribution in [3.8, 4) is 0 Å². The molecule has 0 aliphatic rings. The highest BCUT2D eigenvalue weighted by Gasteiger charge is 2.19. The van der Waals surface area contributed by atoms with Crippen LogP contribution in [-0.2, 0) is 10.0 Å². The average Bonchev–Trinajstić information content (AvgIpc) is 2.61. The first-order valence-corrected chi connectivity index (χ1v) is 10.3. The number of hydrogen-bond donors (Lipinski definition) is 1. The van der Waals surface area contributed by atoms with E-state index in [9.17, 15) is 13.2 Å². The molecule has 0 heterocycles. The van der Waals surface area contributed by atoms with Crippen molar-refractivity contribution in [1.29, 1.82) is 0 Å². The number of sulfonamides is 1. The Bertz CT molecular complexity index is 884. The maximum absolute atomic E-state index is 12.5. The average molecular weight is 415 g/mol. The zero-order valence-corrected chi connectivity index (χ0v) is 16.8. The molecule has 0 saturated heterocycles. The van der Waals surface area contributed by atoms with E-state index in [1.54, 1.807) is 24.1 Å². The second kappa shape index (κ2) is 8.75. The summed E-state index contributed by atoms with van der Waals surface area (Å²) in [5.41, 5.74) is 0.821. The molecule has 0 aliphatic heterocycles. The summed E-state index contributed by atoms with van der Waals surface area (Å²) < 4.78 is 27.4. The number of halogens is 2. The number of benzene rings is 2. The van der Waals surface area contributed by atoms with Gasteiger partial charge in [0.15, 0.2) is 0 Å². The fourth-order valence-electron chi connectivity index (χ4n) is 2.29. The Hall–Kier alpha value is -1.76. The van der Waals surface area contributed by atoms with Crippen LogP contribution in [0.5, 0.6) is 0 Å². The normalized spacial score (nSPS) is 11.2. The lowest BCUT2D eigenvalue weighted by Crippen LogP contribution is -2.27. The van der Waals surface area contributed by atoms with Crippen LogP contribution in [0.4, 0.5) is 5.69 Å². The van der Waals surface area contributed by atoms with Gasteiger partial charge in [-0.05, 0) is 48.9 Å². The highest BCUT2D eigenvalue weighted by Crippen LogP contribution is 2.27. The Balaban J connectivity index is 2.16. The molecule has 2 aromatic rings. The van der Waals surface area contributed by atoms with Crippen molar-refractivity contribution in [1.82, 2.24) is 4.90 Å². The summed E-state index contributed by atoms with van der Waals surface area (Å²) in [6, 6.07) is 10.5. The molecule has 0 aromatic heterocycles. The van der Waals surface area contributed by atoms with Crippen molar-refractivity contribution in [3.63, 3.8) is 0 Å². The van der Waals surface area contributed by atoms with E-state index in [-0.39, 0.29) is 20.8 Å². The summed E-state index contributed by atoms with van der Waals surface area (Å²) in [5, 5.41) is 0.345. The highest BCUT2D eigenvalue weighted by atomic mass is 35.5. The molecule has 26 heavy (non-hydrogen) atoms. The second-order valence-corrected chi connectivity index (χ2v) is 8.33. The van der Waals surface area contributed by atoms with Gasteiger partial charge in [-0.25, -0.2) is 8.42 Å². The van der Waals surface area contributed by atoms with Gasteiger partial charge in [-0.15, -0.1) is 0 Å². The highest BCUT2D eigenvalue weighted by molar-refractivity contribution is 7.92. The molecule has 1 N–H and O–H groups in total. The molecule has 0 fully saturated rings. The van der Waals surface area contributed by atoms with E-state index < -0.39 is 10.0 Å². The lowest BCUT2D eigenvalue weighted by molar-refractivity contribution is 0.0793. The van der Waals surface area contributed by atoms with Crippen molar-refractivity contribution >= 4 is 44.8 Å². The molecule has 0 bridgehead atoms. The van der Waals surface area contributed by atoms with Gasteiger partial charge < -0.3 is 4.90 Å². The van der Waals surface area contributed by atoms with E-state index >= 15 is 0 Å². The molecule has 140 valence electrons. The smallest absolute Gasteiger partial charge is 0.263 e. The number of nitrogens with zero attached hydrogens (tertiary/aromatic N) is 1. The number of rotatable bonds is 7. The first-order valence-electron chi connectivity index (χ1n) is 8.08. The Morgan fingerprint density at radius 2 is 1.77 bits per heavy atom. The maximum Gasteiger partial charge on any atom is 0.263 e. The van der Waals surface area contributed by atoms with E-state index in [1.165, 1.54) is 30.3 Å². The van der Waals surface area contributed by atoms with E-state index in [0.29, 0.717) is 17.8 Å². The largest absolute Gasteiger partial charge is 0.342 e. The number of carbonyl (C=O) groups is 1. The Labute approximate surface area is 164 Å². The zero-order chi connectivity index (χ0) is 19.3. The molecule has 0 atom stereocenters. The van der Waals surface area contributed by atoms with Crippen molar-refractivity contribution in [2.24, 2.45) is 0 Å². The third kappa shape index (κ3) is 5.13. The van der Waals surface area contributed by atoms with Crippen LogP contribution in [-0.4, -0.2) is 32.8 Å². The number of anilines is 1. The molecule has 1 amide bonds. The molecule has 0 saturated carbocycles. The molecule has 0 unspecified atom stereocenters. The van der Waals surface area contributed by atoms with Gasteiger partial charge in [0.05, 0.1) is 5.02 Å². The van der Waals surface area contributed by atoms with Crippen LogP contribution >= 0.6 is 23.2 Å². The summed E-state index contributed by atoms with van der Waals surface area (Å²) >= 11 is 11.8. The molecule has 0 aliphatic carbocycles. The number of amides is 1. The predicted octanol–water partition coefficient (Wildman–Crippen LogP) is 4.67. The quantitative estimate of drug-likeness (QED) is 0.715. The van der Waals surface area contributed by atoms with Crippen LogP contribution in [0.1, 0.15) is 30.1 Å². The van der Waals surface area contributed by atoms with Crippen molar-refractivity contribution < 1.29 is 13.2 Å². The maximum atomic E-state index is 12.5. The van der Waals surface area contributed by atoms with E-state index in [4.69, 9.17) is 23.2 Å². The van der Waals surface area contributed by atoms with Gasteiger partial charge in [0.2, 0.25) is 0 Å². The molecule has 8 heteroatoms. The van der Waals surface area contributed by atoms with Crippen LogP contribution in [0.2, 0.25) is 10.0 Å². The zero-order valence-electron chi connectivity index (χ0n) is 14.5. The number of hydrogen-bond acceptors (Lipinski definition) is 3. The van der Waals surface area contributed by atoms with Gasteiger partial charge in [-0.1, -0.05) is 36.5 Å². The van der Waals surface area contributed by atoms with E-state index in [1.807, 2.05) is 0 Å². The van der Waals surface area contributed by atoms with Crippen LogP contribution < -0.4 is 4.72 Å². The van der Waals surface area contributed by atoms with Crippen molar-refractivity contribution in [3.05, 3.63) is 58.1 Å². The lowest BCUT2D eigenvalue weighted by Gasteiger charge is -2.17. The molecule has 0 spiro atoms. The van der Waals surface area contributed by atoms with Crippen LogP contribution in [0.15, 0.2) is 47.4 Å². The molecule has 2 rings (SSSR count). The standard InChI is InChI=1S/C18H20Cl2N2O3S/c1-3-4-11-22(2)18(23)13-5-8-15(9-6-13)21-26(24,25)17-12-14(19)7-10-16(17)20/h5-10,12,21H,3-4,11H2,1-2H3. The summed E-state index contributed by atoms with van der Waals surface area (Å²) in [7, 11) is -2.14. The van der Waals surface area contributed by atoms with Gasteiger partial charge in [0, 0.05) is 29.9 Å². The summed E-state index contributed by atoms with van der Waals surface area (Å²) in [4.78, 5) is 13.8. The SMILES string of the molecule is CCCCN(C)C(=O)c1ccc(NS(=O)(=O)c2cc(Cl)ccc2Cl)cc1. The summed E-state index contributed by atoms with van der Waals surface area (Å²) in [5.74, 6) is -0.106. The van der Waals surface area contributed by atoms with Crippen LogP contribution in [0.25, 0.3) is 0 Å². The summed E-state index contributed by atoms with van der Waals surface area (Å²) in [6.45, 7) is 2.74. The van der Waals surface area contributed by atoms with Crippen LogP contribution in [0.3, 0.4) is 0 Å². The molecule has 5 nitrogen and oxygen atoms in total. The first kappa shape index (κ1) is 20.6. The number of unbranched alkanes of at least 4 members (excludes halogenated alkanes) is 1. The van der Waals surface area contributed by atoms with Gasteiger partial charge in [-0.2, -0.15) is 0 Å². The first-order chi connectivity index (χ1) is 12.2. The predicted molar refractivity (Wildman–Crippen MR) is 106 cm³/mol. The lowest BCUT2D eigenvalue weighted by atomic mass is 10.2. The van der Waals surface area contributed by atoms with Gasteiger partial charge in [0.1, 0.15) is 4.90 Å². The van der Waals surface area contributed by atoms with E-state index in [2.05, 4.69) is 11.6 Å². The van der Waals surface area contributed by atoms with Crippen molar-refractivity contribution in [2.75, 3.05) is 18.3 Å². The second-order valence-electron chi connectivity index (χ2n) is 5.84. The fourth-order valence-corrected chi connectivity index (χ4v) is 4.11. The monoisotopic (exact) mass is 414 g/mol. The van der Waals surface area contributed by atoms with Gasteiger partial charge in [0.25, 0.3) is 15.9 Å². The number of nitrogens with one attached hydrogen (secondary N) is 1. The molecular formula is C18H20Cl2N2O3S. The minimum Gasteiger partial charge on any atom is -0.342 e. The van der Waals surface area contributed by atoms with Gasteiger partial charge >= 0.3 is 0 Å². The Morgan fingerprint density at radius 1 is 1.12 bits per heavy atom. The third-order valence-corrected chi connectivity index (χ3v) is 5.86. The molecular weight excluding hydrogens is 395 g/mol. The molecule has 0 radical (unpaired) electrons. The molecule has 2 aromatic carbocycles. The van der Waals surface area contributed by atoms with Crippen LogP contribution in [0, 0.1) is 0 Å². The Kier molecular flexibility index (Phi) is 6.92. The van der Waals surface area contributed by atoms with E-state index in [0.717, 1.165) is 12.8 Å². The van der Waals surface area contributed by atoms with Crippen molar-refractivity contribution in [2.45, 2.75) is 24.7 Å². The minimum absolute atomic E-state index is 0.0752. The Morgan fingerprint density at radius 3 is 2.38 bits per heavy atom. The topological polar surface area (TPSA) is 66.5 Å². The minimum atomic E-state index is -3.89. The fraction of sp³-hybridized carbons (Fsp3) is 0.278.